The van der Waals surface area contributed by atoms with Crippen LogP contribution in [0.3, 0.4) is 0 Å². The second kappa shape index (κ2) is 4.98. The number of hydrogen-bond donors (Lipinski definition) is 1. The molecule has 2 nitrogen and oxygen atoms in total. The lowest BCUT2D eigenvalue weighted by molar-refractivity contribution is 0.152. The maximum absolute atomic E-state index is 6.22. The van der Waals surface area contributed by atoms with Crippen molar-refractivity contribution in [2.45, 2.75) is 38.3 Å². The summed E-state index contributed by atoms with van der Waals surface area (Å²) in [6.07, 6.45) is 4.07. The molecule has 0 saturated heterocycles. The Hall–Kier alpha value is -0.860. The molecule has 2 heteroatoms. The summed E-state index contributed by atoms with van der Waals surface area (Å²) in [6.45, 7) is 3.07. The molecule has 1 atom stereocenters. The molecular weight excluding hydrogens is 196 g/mol. The largest absolute Gasteiger partial charge is 0.323 e. The zero-order valence-corrected chi connectivity index (χ0v) is 10.3. The normalized spacial score (nSPS) is 18.5. The first-order valence-corrected chi connectivity index (χ1v) is 6.19. The fourth-order valence-corrected chi connectivity index (χ4v) is 2.21. The average Bonchev–Trinajstić information content (AvgIpc) is 2.15. The Balaban J connectivity index is 1.91. The predicted octanol–water partition coefficient (Wildman–Crippen LogP) is 2.48. The lowest BCUT2D eigenvalue weighted by Crippen LogP contribution is -2.41. The fourth-order valence-electron chi connectivity index (χ4n) is 2.21. The molecule has 0 aliphatic heterocycles. The molecule has 1 aromatic rings. The van der Waals surface area contributed by atoms with Crippen LogP contribution in [0.1, 0.15) is 36.4 Å². The molecule has 0 amide bonds. The van der Waals surface area contributed by atoms with Crippen LogP contribution in [0.25, 0.3) is 0 Å². The van der Waals surface area contributed by atoms with Gasteiger partial charge in [0.2, 0.25) is 0 Å². The van der Waals surface area contributed by atoms with E-state index in [1.165, 1.54) is 30.4 Å². The Bertz CT molecular complexity index is 327. The van der Waals surface area contributed by atoms with Crippen molar-refractivity contribution in [1.29, 1.82) is 0 Å². The molecule has 0 heterocycles. The number of nitrogens with zero attached hydrogens (tertiary/aromatic N) is 1. The average molecular weight is 218 g/mol. The maximum Gasteiger partial charge on any atom is 0.0424 e. The van der Waals surface area contributed by atoms with E-state index in [0.717, 1.165) is 12.6 Å². The quantitative estimate of drug-likeness (QED) is 0.841. The number of likely N-dealkylation sites (N-methyl/N-ethyl adjacent to an activating group) is 1. The van der Waals surface area contributed by atoms with Gasteiger partial charge in [-0.05, 0) is 32.4 Å². The molecule has 1 saturated carbocycles. The second-order valence-corrected chi connectivity index (χ2v) is 5.04. The van der Waals surface area contributed by atoms with Gasteiger partial charge in [-0.1, -0.05) is 36.2 Å². The minimum atomic E-state index is 0.145. The van der Waals surface area contributed by atoms with Crippen LogP contribution >= 0.6 is 0 Å². The van der Waals surface area contributed by atoms with Gasteiger partial charge < -0.3 is 10.6 Å². The van der Waals surface area contributed by atoms with Crippen LogP contribution in [0.2, 0.25) is 0 Å². The van der Waals surface area contributed by atoms with Gasteiger partial charge in [0.05, 0.1) is 0 Å². The standard InChI is InChI=1S/C14H22N2/c1-11-6-8-12(9-7-11)14(15)10-16(2)13-4-3-5-13/h6-9,13-14H,3-5,10,15H2,1-2H3. The van der Waals surface area contributed by atoms with Crippen LogP contribution in [-0.2, 0) is 0 Å². The van der Waals surface area contributed by atoms with Crippen LogP contribution in [0.15, 0.2) is 24.3 Å². The van der Waals surface area contributed by atoms with E-state index < -0.39 is 0 Å². The highest BCUT2D eigenvalue weighted by Crippen LogP contribution is 2.25. The Morgan fingerprint density at radius 3 is 2.44 bits per heavy atom. The van der Waals surface area contributed by atoms with E-state index >= 15 is 0 Å². The van der Waals surface area contributed by atoms with Crippen LogP contribution in [-0.4, -0.2) is 24.5 Å². The van der Waals surface area contributed by atoms with Crippen molar-refractivity contribution in [2.75, 3.05) is 13.6 Å². The number of nitrogens with two attached hydrogens (primary N) is 1. The second-order valence-electron chi connectivity index (χ2n) is 5.04. The third kappa shape index (κ3) is 2.63. The summed E-state index contributed by atoms with van der Waals surface area (Å²) >= 11 is 0. The van der Waals surface area contributed by atoms with Gasteiger partial charge in [0.15, 0.2) is 0 Å². The molecule has 1 aromatic carbocycles. The van der Waals surface area contributed by atoms with E-state index in [1.54, 1.807) is 0 Å². The molecule has 0 bridgehead atoms. The number of rotatable bonds is 4. The molecule has 2 rings (SSSR count). The first-order chi connectivity index (χ1) is 7.66. The molecule has 16 heavy (non-hydrogen) atoms. The summed E-state index contributed by atoms with van der Waals surface area (Å²) in [4.78, 5) is 2.41. The van der Waals surface area contributed by atoms with Crippen LogP contribution < -0.4 is 5.73 Å². The van der Waals surface area contributed by atoms with E-state index in [-0.39, 0.29) is 6.04 Å². The Morgan fingerprint density at radius 1 is 1.31 bits per heavy atom. The zero-order valence-electron chi connectivity index (χ0n) is 10.3. The minimum Gasteiger partial charge on any atom is -0.323 e. The van der Waals surface area contributed by atoms with E-state index in [2.05, 4.69) is 43.1 Å². The van der Waals surface area contributed by atoms with E-state index in [0.29, 0.717) is 0 Å². The van der Waals surface area contributed by atoms with Gasteiger partial charge in [-0.15, -0.1) is 0 Å². The van der Waals surface area contributed by atoms with Crippen molar-refractivity contribution in [3.8, 4) is 0 Å². The minimum absolute atomic E-state index is 0.145. The number of hydrogen-bond acceptors (Lipinski definition) is 2. The van der Waals surface area contributed by atoms with E-state index in [4.69, 9.17) is 5.73 Å². The Morgan fingerprint density at radius 2 is 1.94 bits per heavy atom. The van der Waals surface area contributed by atoms with Crippen molar-refractivity contribution in [1.82, 2.24) is 4.90 Å². The summed E-state index contributed by atoms with van der Waals surface area (Å²) in [5, 5.41) is 0. The van der Waals surface area contributed by atoms with Crippen molar-refractivity contribution in [3.63, 3.8) is 0 Å². The third-order valence-corrected chi connectivity index (χ3v) is 3.69. The molecule has 1 unspecified atom stereocenters. The lowest BCUT2D eigenvalue weighted by atomic mass is 9.91. The number of aryl methyl sites for hydroxylation is 1. The first kappa shape index (κ1) is 11.6. The molecule has 1 aliphatic rings. The Labute approximate surface area is 98.4 Å². The molecule has 2 N–H and O–H groups in total. The highest BCUT2D eigenvalue weighted by molar-refractivity contribution is 5.24. The van der Waals surface area contributed by atoms with Gasteiger partial charge in [0, 0.05) is 18.6 Å². The first-order valence-electron chi connectivity index (χ1n) is 6.19. The van der Waals surface area contributed by atoms with Crippen molar-refractivity contribution in [3.05, 3.63) is 35.4 Å². The molecule has 0 spiro atoms. The van der Waals surface area contributed by atoms with Crippen LogP contribution in [0.5, 0.6) is 0 Å². The van der Waals surface area contributed by atoms with Gasteiger partial charge in [-0.25, -0.2) is 0 Å². The van der Waals surface area contributed by atoms with E-state index in [1.807, 2.05) is 0 Å². The van der Waals surface area contributed by atoms with Gasteiger partial charge >= 0.3 is 0 Å². The smallest absolute Gasteiger partial charge is 0.0424 e. The zero-order chi connectivity index (χ0) is 11.5. The van der Waals surface area contributed by atoms with Crippen LogP contribution in [0, 0.1) is 6.92 Å². The maximum atomic E-state index is 6.22. The van der Waals surface area contributed by atoms with Gasteiger partial charge in [0.1, 0.15) is 0 Å². The predicted molar refractivity (Wildman–Crippen MR) is 68.4 cm³/mol. The van der Waals surface area contributed by atoms with Crippen molar-refractivity contribution >= 4 is 0 Å². The molecule has 88 valence electrons. The fraction of sp³-hybridized carbons (Fsp3) is 0.571. The Kier molecular flexibility index (Phi) is 3.62. The molecular formula is C14H22N2. The highest BCUT2D eigenvalue weighted by Gasteiger charge is 2.23. The lowest BCUT2D eigenvalue weighted by Gasteiger charge is -2.36. The van der Waals surface area contributed by atoms with Gasteiger partial charge in [-0.2, -0.15) is 0 Å². The van der Waals surface area contributed by atoms with Gasteiger partial charge in [-0.3, -0.25) is 0 Å². The number of benzene rings is 1. The summed E-state index contributed by atoms with van der Waals surface area (Å²) in [5.41, 5.74) is 8.76. The third-order valence-electron chi connectivity index (χ3n) is 3.69. The summed E-state index contributed by atoms with van der Waals surface area (Å²) in [5.74, 6) is 0. The summed E-state index contributed by atoms with van der Waals surface area (Å²) < 4.78 is 0. The molecule has 1 aliphatic carbocycles. The van der Waals surface area contributed by atoms with E-state index in [9.17, 15) is 0 Å². The van der Waals surface area contributed by atoms with Crippen LogP contribution in [0.4, 0.5) is 0 Å². The SMILES string of the molecule is Cc1ccc(C(N)CN(C)C2CCC2)cc1. The van der Waals surface area contributed by atoms with Gasteiger partial charge in [0.25, 0.3) is 0 Å². The molecule has 0 aromatic heterocycles. The monoisotopic (exact) mass is 218 g/mol. The summed E-state index contributed by atoms with van der Waals surface area (Å²) in [6, 6.07) is 9.49. The van der Waals surface area contributed by atoms with Crippen molar-refractivity contribution in [2.24, 2.45) is 5.73 Å². The van der Waals surface area contributed by atoms with Crippen molar-refractivity contribution < 1.29 is 0 Å². The molecule has 0 radical (unpaired) electrons. The summed E-state index contributed by atoms with van der Waals surface area (Å²) in [7, 11) is 2.19. The molecule has 1 fully saturated rings. The topological polar surface area (TPSA) is 29.3 Å². The highest BCUT2D eigenvalue weighted by atomic mass is 15.1.